The zero-order valence-corrected chi connectivity index (χ0v) is 22.5. The van der Waals surface area contributed by atoms with Crippen LogP contribution >= 0.6 is 0 Å². The second-order valence-electron chi connectivity index (χ2n) is 14.6. The van der Waals surface area contributed by atoms with E-state index in [1.807, 2.05) is 0 Å². The van der Waals surface area contributed by atoms with E-state index in [4.69, 9.17) is 0 Å². The molecule has 0 aromatic carbocycles. The predicted octanol–water partition coefficient (Wildman–Crippen LogP) is 8.77. The number of hydrogen-bond donors (Lipinski definition) is 0. The van der Waals surface area contributed by atoms with Crippen molar-refractivity contribution in [2.75, 3.05) is 0 Å². The maximum atomic E-state index is 12.9. The number of fused-ring (bicyclic) bond motifs is 2. The van der Waals surface area contributed by atoms with E-state index < -0.39 is 0 Å². The average molecular weight is 439 g/mol. The quantitative estimate of drug-likeness (QED) is 0.401. The molecule has 1 heteroatoms. The first-order valence-corrected chi connectivity index (χ1v) is 14.0. The highest BCUT2D eigenvalue weighted by atomic mass is 16.1. The molecule has 5 fully saturated rings. The highest BCUT2D eigenvalue weighted by Gasteiger charge is 2.82. The second-order valence-corrected chi connectivity index (χ2v) is 14.6. The van der Waals surface area contributed by atoms with Crippen LogP contribution in [0.4, 0.5) is 0 Å². The Labute approximate surface area is 198 Å². The molecule has 0 N–H and O–H groups in total. The summed E-state index contributed by atoms with van der Waals surface area (Å²) in [5.41, 5.74) is 5.17. The summed E-state index contributed by atoms with van der Waals surface area (Å²) in [5, 5.41) is 0. The maximum Gasteiger partial charge on any atom is 0.138 e. The van der Waals surface area contributed by atoms with Crippen LogP contribution in [0.25, 0.3) is 0 Å². The van der Waals surface area contributed by atoms with Crippen molar-refractivity contribution in [1.29, 1.82) is 0 Å². The number of hydrogen-bond acceptors (Lipinski definition) is 1. The molecule has 0 heterocycles. The molecule has 0 aromatic rings. The van der Waals surface area contributed by atoms with Crippen LogP contribution in [0.15, 0.2) is 11.1 Å². The minimum absolute atomic E-state index is 0.0795. The molecule has 0 amide bonds. The lowest BCUT2D eigenvalue weighted by Crippen LogP contribution is -2.57. The smallest absolute Gasteiger partial charge is 0.138 e. The van der Waals surface area contributed by atoms with Crippen LogP contribution in [-0.2, 0) is 4.79 Å². The summed E-state index contributed by atoms with van der Waals surface area (Å²) < 4.78 is 0. The number of rotatable bonds is 4. The molecule has 5 rings (SSSR count). The van der Waals surface area contributed by atoms with Gasteiger partial charge in [-0.05, 0) is 130 Å². The molecule has 5 aliphatic carbocycles. The van der Waals surface area contributed by atoms with Crippen molar-refractivity contribution in [3.63, 3.8) is 0 Å². The Bertz CT molecular complexity index is 845. The largest absolute Gasteiger partial charge is 0.299 e. The zero-order chi connectivity index (χ0) is 23.3. The lowest BCUT2D eigenvalue weighted by molar-refractivity contribution is -0.157. The van der Waals surface area contributed by atoms with E-state index in [0.29, 0.717) is 33.4 Å². The second kappa shape index (κ2) is 6.97. The monoisotopic (exact) mass is 438 g/mol. The summed E-state index contributed by atoms with van der Waals surface area (Å²) in [5.74, 6) is 3.85. The van der Waals surface area contributed by atoms with E-state index in [1.54, 1.807) is 5.57 Å². The fourth-order valence-corrected chi connectivity index (χ4v) is 11.0. The lowest BCUT2D eigenvalue weighted by Gasteiger charge is -2.62. The van der Waals surface area contributed by atoms with Gasteiger partial charge < -0.3 is 0 Å². The van der Waals surface area contributed by atoms with Crippen LogP contribution in [0.3, 0.4) is 0 Å². The van der Waals surface area contributed by atoms with Gasteiger partial charge in [-0.2, -0.15) is 0 Å². The Morgan fingerprint density at radius 1 is 0.875 bits per heavy atom. The van der Waals surface area contributed by atoms with E-state index in [2.05, 4.69) is 55.4 Å². The molecule has 180 valence electrons. The van der Waals surface area contributed by atoms with E-state index in [1.165, 1.54) is 69.8 Å². The van der Waals surface area contributed by atoms with Gasteiger partial charge in [0.15, 0.2) is 0 Å². The highest BCUT2D eigenvalue weighted by Crippen LogP contribution is 2.88. The van der Waals surface area contributed by atoms with Gasteiger partial charge in [0.1, 0.15) is 5.78 Å². The Morgan fingerprint density at radius 3 is 2.22 bits per heavy atom. The van der Waals surface area contributed by atoms with Gasteiger partial charge >= 0.3 is 0 Å². The molecule has 0 bridgehead atoms. The molecular formula is C31H50O. The molecule has 8 unspecified atom stereocenters. The summed E-state index contributed by atoms with van der Waals surface area (Å²) >= 11 is 0. The van der Waals surface area contributed by atoms with Crippen molar-refractivity contribution in [3.05, 3.63) is 11.1 Å². The maximum absolute atomic E-state index is 12.9. The Morgan fingerprint density at radius 2 is 1.53 bits per heavy atom. The molecule has 0 aliphatic heterocycles. The number of allylic oxidation sites excluding steroid dienone is 2. The van der Waals surface area contributed by atoms with Crippen molar-refractivity contribution in [3.8, 4) is 0 Å². The van der Waals surface area contributed by atoms with Gasteiger partial charge in [0.25, 0.3) is 0 Å². The molecular weight excluding hydrogens is 388 g/mol. The normalized spacial score (nSPS) is 49.4. The van der Waals surface area contributed by atoms with Gasteiger partial charge in [-0.1, -0.05) is 45.8 Å². The van der Waals surface area contributed by atoms with Crippen molar-refractivity contribution in [1.82, 2.24) is 0 Å². The van der Waals surface area contributed by atoms with Crippen LogP contribution in [0.2, 0.25) is 0 Å². The lowest BCUT2D eigenvalue weighted by atomic mass is 9.42. The standard InChI is InChI=1S/C31H50O/c1-20(2)21(3)9-10-22(4)23-13-15-29(8)25-12-11-24-27(5,6)26(32)14-16-30(24)19-31(25,30)18-17-28(23,29)7/h22-25H,9-19H2,1-8H3. The number of carbonyl (C=O) groups is 1. The third kappa shape index (κ3) is 2.66. The van der Waals surface area contributed by atoms with Gasteiger partial charge in [-0.25, -0.2) is 0 Å². The van der Waals surface area contributed by atoms with Gasteiger partial charge in [0.2, 0.25) is 0 Å². The molecule has 5 saturated carbocycles. The molecule has 5 aliphatic rings. The van der Waals surface area contributed by atoms with Crippen molar-refractivity contribution >= 4 is 5.78 Å². The Hall–Kier alpha value is -0.590. The summed E-state index contributed by atoms with van der Waals surface area (Å²) in [6.07, 6.45) is 14.7. The van der Waals surface area contributed by atoms with Crippen LogP contribution in [-0.4, -0.2) is 5.78 Å². The van der Waals surface area contributed by atoms with Crippen LogP contribution in [0, 0.1) is 50.7 Å². The molecule has 2 spiro atoms. The van der Waals surface area contributed by atoms with Gasteiger partial charge in [0.05, 0.1) is 0 Å². The molecule has 0 saturated heterocycles. The zero-order valence-electron chi connectivity index (χ0n) is 22.5. The molecule has 8 atom stereocenters. The predicted molar refractivity (Wildman–Crippen MR) is 134 cm³/mol. The fourth-order valence-electron chi connectivity index (χ4n) is 11.0. The first-order chi connectivity index (χ1) is 14.9. The minimum Gasteiger partial charge on any atom is -0.299 e. The minimum atomic E-state index is -0.0795. The first-order valence-electron chi connectivity index (χ1n) is 14.0. The number of carbonyl (C=O) groups excluding carboxylic acids is 1. The summed E-state index contributed by atoms with van der Waals surface area (Å²) in [6, 6.07) is 0. The van der Waals surface area contributed by atoms with Gasteiger partial charge in [-0.3, -0.25) is 4.79 Å². The summed E-state index contributed by atoms with van der Waals surface area (Å²) in [6.45, 7) is 19.5. The molecule has 32 heavy (non-hydrogen) atoms. The molecule has 1 nitrogen and oxygen atoms in total. The molecule has 0 aromatic heterocycles. The molecule has 0 radical (unpaired) electrons. The fraction of sp³-hybridized carbons (Fsp3) is 0.903. The Kier molecular flexibility index (Phi) is 5.05. The number of Topliss-reactive ketones (excluding diaryl/α,β-unsaturated/α-hetero) is 1. The van der Waals surface area contributed by atoms with E-state index in [0.717, 1.165) is 24.2 Å². The van der Waals surface area contributed by atoms with Crippen LogP contribution < -0.4 is 0 Å². The first kappa shape index (κ1) is 23.2. The van der Waals surface area contributed by atoms with E-state index in [-0.39, 0.29) is 5.41 Å². The van der Waals surface area contributed by atoms with E-state index >= 15 is 0 Å². The highest BCUT2D eigenvalue weighted by molar-refractivity contribution is 5.86. The van der Waals surface area contributed by atoms with Crippen molar-refractivity contribution < 1.29 is 4.79 Å². The van der Waals surface area contributed by atoms with Gasteiger partial charge in [0, 0.05) is 11.8 Å². The van der Waals surface area contributed by atoms with E-state index in [9.17, 15) is 4.79 Å². The number of ketones is 1. The summed E-state index contributed by atoms with van der Waals surface area (Å²) in [7, 11) is 0. The average Bonchev–Trinajstić information content (AvgIpc) is 3.31. The topological polar surface area (TPSA) is 17.1 Å². The van der Waals surface area contributed by atoms with Crippen molar-refractivity contribution in [2.45, 2.75) is 126 Å². The third-order valence-corrected chi connectivity index (χ3v) is 13.4. The summed E-state index contributed by atoms with van der Waals surface area (Å²) in [4.78, 5) is 12.9. The third-order valence-electron chi connectivity index (χ3n) is 13.4. The van der Waals surface area contributed by atoms with Crippen LogP contribution in [0.5, 0.6) is 0 Å². The SMILES string of the molecule is CC(C)=C(C)CCC(C)C1CCC2(C)C3CCC4C(C)(C)C(=O)CCC45CC35CCC12C. The Balaban J connectivity index is 1.40. The van der Waals surface area contributed by atoms with Crippen LogP contribution in [0.1, 0.15) is 126 Å². The van der Waals surface area contributed by atoms with Gasteiger partial charge in [-0.15, -0.1) is 0 Å². The van der Waals surface area contributed by atoms with Crippen molar-refractivity contribution in [2.24, 2.45) is 50.7 Å².